The zero-order chi connectivity index (χ0) is 19.7. The summed E-state index contributed by atoms with van der Waals surface area (Å²) in [6.07, 6.45) is 1.71. The van der Waals surface area contributed by atoms with E-state index in [9.17, 15) is 14.7 Å². The number of nitrogens with zero attached hydrogens (tertiary/aromatic N) is 1. The SMILES string of the molecule is C[C@]1(O)CC2(CCN(CC(=O)O)CC2)OC[C@@H]1NC(=O)c1cccc(Cl)c1. The predicted octanol–water partition coefficient (Wildman–Crippen LogP) is 1.53. The highest BCUT2D eigenvalue weighted by Crippen LogP contribution is 2.39. The third-order valence-corrected chi connectivity index (χ3v) is 5.74. The Kier molecular flexibility index (Phi) is 5.76. The van der Waals surface area contributed by atoms with E-state index in [4.69, 9.17) is 21.4 Å². The monoisotopic (exact) mass is 396 g/mol. The van der Waals surface area contributed by atoms with Gasteiger partial charge in [-0.25, -0.2) is 0 Å². The van der Waals surface area contributed by atoms with E-state index < -0.39 is 23.2 Å². The van der Waals surface area contributed by atoms with Crippen molar-refractivity contribution in [2.24, 2.45) is 0 Å². The molecule has 8 heteroatoms. The van der Waals surface area contributed by atoms with Gasteiger partial charge in [0, 0.05) is 30.1 Å². The Morgan fingerprint density at radius 2 is 2.07 bits per heavy atom. The molecular formula is C19H25ClN2O5. The number of carboxylic acid groups (broad SMARTS) is 1. The van der Waals surface area contributed by atoms with Gasteiger partial charge in [-0.2, -0.15) is 0 Å². The van der Waals surface area contributed by atoms with Crippen LogP contribution in [0.4, 0.5) is 0 Å². The number of carboxylic acids is 1. The lowest BCUT2D eigenvalue weighted by Gasteiger charge is -2.51. The van der Waals surface area contributed by atoms with Gasteiger partial charge in [0.25, 0.3) is 5.91 Å². The molecule has 0 aliphatic carbocycles. The van der Waals surface area contributed by atoms with Crippen molar-refractivity contribution in [1.82, 2.24) is 10.2 Å². The number of piperidine rings is 1. The Labute approximate surface area is 163 Å². The van der Waals surface area contributed by atoms with E-state index in [2.05, 4.69) is 5.32 Å². The number of aliphatic carboxylic acids is 1. The van der Waals surface area contributed by atoms with Crippen LogP contribution in [0.3, 0.4) is 0 Å². The largest absolute Gasteiger partial charge is 0.480 e. The van der Waals surface area contributed by atoms with Gasteiger partial charge < -0.3 is 20.3 Å². The summed E-state index contributed by atoms with van der Waals surface area (Å²) in [5.41, 5.74) is -1.17. The first-order valence-electron chi connectivity index (χ1n) is 9.06. The molecule has 3 rings (SSSR count). The molecule has 2 aliphatic rings. The average molecular weight is 397 g/mol. The zero-order valence-corrected chi connectivity index (χ0v) is 16.0. The Bertz CT molecular complexity index is 716. The summed E-state index contributed by atoms with van der Waals surface area (Å²) in [6.45, 7) is 3.16. The molecule has 0 radical (unpaired) electrons. The molecule has 2 fully saturated rings. The van der Waals surface area contributed by atoms with Crippen molar-refractivity contribution in [3.8, 4) is 0 Å². The Morgan fingerprint density at radius 1 is 1.37 bits per heavy atom. The highest BCUT2D eigenvalue weighted by Gasteiger charge is 2.49. The van der Waals surface area contributed by atoms with Crippen LogP contribution in [-0.4, -0.2) is 70.5 Å². The van der Waals surface area contributed by atoms with Gasteiger partial charge in [-0.05, 0) is 38.0 Å². The maximum absolute atomic E-state index is 12.5. The van der Waals surface area contributed by atoms with E-state index in [1.807, 2.05) is 4.90 Å². The molecule has 2 aliphatic heterocycles. The number of nitrogens with one attached hydrogen (secondary N) is 1. The lowest BCUT2D eigenvalue weighted by molar-refractivity contribution is -0.187. The van der Waals surface area contributed by atoms with E-state index in [1.54, 1.807) is 31.2 Å². The van der Waals surface area contributed by atoms with Gasteiger partial charge in [-0.3, -0.25) is 14.5 Å². The van der Waals surface area contributed by atoms with E-state index in [0.29, 0.717) is 42.9 Å². The Morgan fingerprint density at radius 3 is 2.67 bits per heavy atom. The number of amides is 1. The van der Waals surface area contributed by atoms with Crippen molar-refractivity contribution >= 4 is 23.5 Å². The summed E-state index contributed by atoms with van der Waals surface area (Å²) in [6, 6.07) is 6.10. The lowest BCUT2D eigenvalue weighted by Crippen LogP contribution is -2.64. The van der Waals surface area contributed by atoms with Gasteiger partial charge in [0.2, 0.25) is 0 Å². The fourth-order valence-electron chi connectivity index (χ4n) is 3.97. The number of carbonyl (C=O) groups is 2. The normalized spacial score (nSPS) is 28.0. The van der Waals surface area contributed by atoms with Gasteiger partial charge in [0.05, 0.1) is 30.4 Å². The first kappa shape index (κ1) is 20.1. The van der Waals surface area contributed by atoms with Crippen LogP contribution in [0.25, 0.3) is 0 Å². The maximum atomic E-state index is 12.5. The minimum Gasteiger partial charge on any atom is -0.480 e. The maximum Gasteiger partial charge on any atom is 0.317 e. The molecule has 0 saturated carbocycles. The third kappa shape index (κ3) is 4.79. The summed E-state index contributed by atoms with van der Waals surface area (Å²) >= 11 is 5.93. The first-order chi connectivity index (χ1) is 12.7. The van der Waals surface area contributed by atoms with Crippen molar-refractivity contribution in [2.75, 3.05) is 26.2 Å². The van der Waals surface area contributed by atoms with Crippen LogP contribution in [0.15, 0.2) is 24.3 Å². The highest BCUT2D eigenvalue weighted by atomic mass is 35.5. The van der Waals surface area contributed by atoms with Gasteiger partial charge in [0.15, 0.2) is 0 Å². The number of hydrogen-bond acceptors (Lipinski definition) is 5. The van der Waals surface area contributed by atoms with E-state index in [0.717, 1.165) is 0 Å². The topological polar surface area (TPSA) is 99.1 Å². The summed E-state index contributed by atoms with van der Waals surface area (Å²) in [5, 5.41) is 23.2. The summed E-state index contributed by atoms with van der Waals surface area (Å²) in [5.74, 6) is -1.15. The van der Waals surface area contributed by atoms with E-state index >= 15 is 0 Å². The second-order valence-electron chi connectivity index (χ2n) is 7.73. The number of hydrogen-bond donors (Lipinski definition) is 3. The number of benzene rings is 1. The molecule has 27 heavy (non-hydrogen) atoms. The number of carbonyl (C=O) groups excluding carboxylic acids is 1. The van der Waals surface area contributed by atoms with Crippen LogP contribution in [-0.2, 0) is 9.53 Å². The van der Waals surface area contributed by atoms with Crippen LogP contribution in [0, 0.1) is 0 Å². The molecule has 7 nitrogen and oxygen atoms in total. The molecule has 2 saturated heterocycles. The fraction of sp³-hybridized carbons (Fsp3) is 0.579. The van der Waals surface area contributed by atoms with E-state index in [1.165, 1.54) is 0 Å². The molecular weight excluding hydrogens is 372 g/mol. The minimum absolute atomic E-state index is 0.0186. The fourth-order valence-corrected chi connectivity index (χ4v) is 4.16. The number of aliphatic hydroxyl groups is 1. The van der Waals surface area contributed by atoms with Crippen LogP contribution in [0.1, 0.15) is 36.5 Å². The van der Waals surface area contributed by atoms with Crippen molar-refractivity contribution in [2.45, 2.75) is 43.4 Å². The van der Waals surface area contributed by atoms with Crippen LogP contribution >= 0.6 is 11.6 Å². The van der Waals surface area contributed by atoms with Gasteiger partial charge in [-0.1, -0.05) is 17.7 Å². The molecule has 1 amide bonds. The van der Waals surface area contributed by atoms with Gasteiger partial charge >= 0.3 is 5.97 Å². The predicted molar refractivity (Wildman–Crippen MR) is 99.9 cm³/mol. The van der Waals surface area contributed by atoms with Crippen LogP contribution in [0.2, 0.25) is 5.02 Å². The second-order valence-corrected chi connectivity index (χ2v) is 8.17. The van der Waals surface area contributed by atoms with Crippen molar-refractivity contribution < 1.29 is 24.5 Å². The van der Waals surface area contributed by atoms with E-state index in [-0.39, 0.29) is 19.1 Å². The quantitative estimate of drug-likeness (QED) is 0.713. The minimum atomic E-state index is -1.12. The number of rotatable bonds is 4. The van der Waals surface area contributed by atoms with Gasteiger partial charge in [-0.15, -0.1) is 0 Å². The van der Waals surface area contributed by atoms with Crippen molar-refractivity contribution in [1.29, 1.82) is 0 Å². The first-order valence-corrected chi connectivity index (χ1v) is 9.44. The Hall–Kier alpha value is -1.67. The molecule has 1 aromatic carbocycles. The molecule has 1 spiro atoms. The average Bonchev–Trinajstić information content (AvgIpc) is 2.59. The molecule has 1 aromatic rings. The third-order valence-electron chi connectivity index (χ3n) is 5.51. The van der Waals surface area contributed by atoms with Gasteiger partial charge in [0.1, 0.15) is 0 Å². The molecule has 0 bridgehead atoms. The zero-order valence-electron chi connectivity index (χ0n) is 15.3. The summed E-state index contributed by atoms with van der Waals surface area (Å²) in [4.78, 5) is 25.2. The summed E-state index contributed by atoms with van der Waals surface area (Å²) in [7, 11) is 0. The van der Waals surface area contributed by atoms with Crippen LogP contribution in [0.5, 0.6) is 0 Å². The molecule has 0 unspecified atom stereocenters. The Balaban J connectivity index is 1.61. The van der Waals surface area contributed by atoms with Crippen molar-refractivity contribution in [3.05, 3.63) is 34.9 Å². The molecule has 2 atom stereocenters. The molecule has 2 heterocycles. The van der Waals surface area contributed by atoms with Crippen LogP contribution < -0.4 is 5.32 Å². The second kappa shape index (κ2) is 7.75. The molecule has 3 N–H and O–H groups in total. The molecule has 148 valence electrons. The molecule has 0 aromatic heterocycles. The smallest absolute Gasteiger partial charge is 0.317 e. The summed E-state index contributed by atoms with van der Waals surface area (Å²) < 4.78 is 6.09. The lowest BCUT2D eigenvalue weighted by atomic mass is 9.75. The highest BCUT2D eigenvalue weighted by molar-refractivity contribution is 6.30. The number of halogens is 1. The van der Waals surface area contributed by atoms with Crippen molar-refractivity contribution in [3.63, 3.8) is 0 Å². The number of likely N-dealkylation sites (tertiary alicyclic amines) is 1. The standard InChI is InChI=1S/C19H25ClN2O5/c1-18(26)12-19(5-7-22(8-6-19)10-16(23)24)27-11-15(18)21-17(25)13-3-2-4-14(20)9-13/h2-4,9,15,26H,5-8,10-12H2,1H3,(H,21,25)(H,23,24)/t15-,18-/m0/s1. The number of ether oxygens (including phenoxy) is 1.